The Morgan fingerprint density at radius 2 is 2.11 bits per heavy atom. The maximum Gasteiger partial charge on any atom is 0.238 e. The van der Waals surface area contributed by atoms with Crippen LogP contribution in [0.2, 0.25) is 0 Å². The summed E-state index contributed by atoms with van der Waals surface area (Å²) >= 11 is 0. The van der Waals surface area contributed by atoms with Gasteiger partial charge in [0, 0.05) is 6.04 Å². The number of rotatable bonds is 8. The standard InChI is InChI=1S/C15H24N2O2/c1-4-5-8-12(2)16-11-15(18)17-13-9-6-7-10-14(13)19-3/h6-7,9-10,12,16H,4-5,8,11H2,1-3H3,(H,17,18). The Bertz CT molecular complexity index is 393. The molecule has 0 aromatic heterocycles. The van der Waals surface area contributed by atoms with E-state index in [1.54, 1.807) is 7.11 Å². The monoisotopic (exact) mass is 264 g/mol. The van der Waals surface area contributed by atoms with Crippen molar-refractivity contribution in [2.24, 2.45) is 0 Å². The number of hydrogen-bond acceptors (Lipinski definition) is 3. The molecule has 0 aliphatic heterocycles. The smallest absolute Gasteiger partial charge is 0.238 e. The minimum atomic E-state index is -0.0483. The lowest BCUT2D eigenvalue weighted by Crippen LogP contribution is -2.34. The second-order valence-electron chi connectivity index (χ2n) is 4.67. The summed E-state index contributed by atoms with van der Waals surface area (Å²) in [6, 6.07) is 7.77. The largest absolute Gasteiger partial charge is 0.495 e. The third-order valence-corrected chi connectivity index (χ3v) is 2.98. The van der Waals surface area contributed by atoms with Gasteiger partial charge in [0.25, 0.3) is 0 Å². The lowest BCUT2D eigenvalue weighted by Gasteiger charge is -2.14. The number of para-hydroxylation sites is 2. The van der Waals surface area contributed by atoms with E-state index in [-0.39, 0.29) is 5.91 Å². The predicted octanol–water partition coefficient (Wildman–Crippen LogP) is 2.80. The van der Waals surface area contributed by atoms with Crippen LogP contribution in [0.5, 0.6) is 5.75 Å². The Morgan fingerprint density at radius 3 is 2.79 bits per heavy atom. The predicted molar refractivity (Wildman–Crippen MR) is 78.6 cm³/mol. The summed E-state index contributed by atoms with van der Waals surface area (Å²) in [7, 11) is 1.59. The van der Waals surface area contributed by atoms with Crippen molar-refractivity contribution < 1.29 is 9.53 Å². The van der Waals surface area contributed by atoms with Gasteiger partial charge in [0.1, 0.15) is 5.75 Å². The molecule has 0 radical (unpaired) electrons. The quantitative estimate of drug-likeness (QED) is 0.759. The maximum absolute atomic E-state index is 11.8. The van der Waals surface area contributed by atoms with Gasteiger partial charge < -0.3 is 15.4 Å². The molecule has 1 atom stereocenters. The number of amides is 1. The third kappa shape index (κ3) is 5.75. The molecule has 1 unspecified atom stereocenters. The van der Waals surface area contributed by atoms with Crippen molar-refractivity contribution in [3.8, 4) is 5.75 Å². The summed E-state index contributed by atoms with van der Waals surface area (Å²) in [6.07, 6.45) is 3.46. The van der Waals surface area contributed by atoms with Crippen LogP contribution in [-0.4, -0.2) is 25.6 Å². The van der Waals surface area contributed by atoms with Gasteiger partial charge in [-0.15, -0.1) is 0 Å². The number of anilines is 1. The molecule has 0 bridgehead atoms. The van der Waals surface area contributed by atoms with Crippen LogP contribution < -0.4 is 15.4 Å². The molecular formula is C15H24N2O2. The molecule has 19 heavy (non-hydrogen) atoms. The first kappa shape index (κ1) is 15.5. The summed E-state index contributed by atoms with van der Waals surface area (Å²) in [5.41, 5.74) is 0.706. The number of methoxy groups -OCH3 is 1. The average molecular weight is 264 g/mol. The molecule has 0 aliphatic rings. The highest BCUT2D eigenvalue weighted by molar-refractivity contribution is 5.93. The van der Waals surface area contributed by atoms with Gasteiger partial charge in [0.05, 0.1) is 19.3 Å². The highest BCUT2D eigenvalue weighted by Crippen LogP contribution is 2.22. The van der Waals surface area contributed by atoms with Crippen LogP contribution in [0.25, 0.3) is 0 Å². The molecule has 0 heterocycles. The zero-order chi connectivity index (χ0) is 14.1. The molecule has 0 saturated carbocycles. The highest BCUT2D eigenvalue weighted by atomic mass is 16.5. The summed E-state index contributed by atoms with van der Waals surface area (Å²) in [4.78, 5) is 11.8. The van der Waals surface area contributed by atoms with Gasteiger partial charge in [-0.1, -0.05) is 31.9 Å². The fourth-order valence-electron chi connectivity index (χ4n) is 1.82. The van der Waals surface area contributed by atoms with Crippen molar-refractivity contribution in [1.82, 2.24) is 5.32 Å². The minimum absolute atomic E-state index is 0.0483. The van der Waals surface area contributed by atoms with Crippen LogP contribution in [0.1, 0.15) is 33.1 Å². The molecule has 1 aromatic carbocycles. The fourth-order valence-corrected chi connectivity index (χ4v) is 1.82. The van der Waals surface area contributed by atoms with Gasteiger partial charge in [-0.05, 0) is 25.5 Å². The van der Waals surface area contributed by atoms with Crippen LogP contribution in [0.15, 0.2) is 24.3 Å². The summed E-state index contributed by atoms with van der Waals surface area (Å²) < 4.78 is 5.19. The number of carbonyl (C=O) groups is 1. The van der Waals surface area contributed by atoms with Gasteiger partial charge in [0.2, 0.25) is 5.91 Å². The molecule has 1 aromatic rings. The first-order chi connectivity index (χ1) is 9.17. The SMILES string of the molecule is CCCCC(C)NCC(=O)Nc1ccccc1OC. The summed E-state index contributed by atoms with van der Waals surface area (Å²) in [5.74, 6) is 0.628. The van der Waals surface area contributed by atoms with E-state index in [1.807, 2.05) is 24.3 Å². The molecule has 1 rings (SSSR count). The lowest BCUT2D eigenvalue weighted by atomic mass is 10.1. The molecule has 106 valence electrons. The van der Waals surface area contributed by atoms with E-state index in [0.717, 1.165) is 6.42 Å². The Balaban J connectivity index is 2.38. The number of ether oxygens (including phenoxy) is 1. The highest BCUT2D eigenvalue weighted by Gasteiger charge is 2.08. The van der Waals surface area contributed by atoms with Crippen molar-refractivity contribution in [1.29, 1.82) is 0 Å². The van der Waals surface area contributed by atoms with Crippen LogP contribution in [0.4, 0.5) is 5.69 Å². The molecule has 0 spiro atoms. The summed E-state index contributed by atoms with van der Waals surface area (Å²) in [5, 5.41) is 6.07. The number of unbranched alkanes of at least 4 members (excludes halogenated alkanes) is 1. The van der Waals surface area contributed by atoms with Gasteiger partial charge in [-0.3, -0.25) is 4.79 Å². The number of hydrogen-bond donors (Lipinski definition) is 2. The molecule has 4 nitrogen and oxygen atoms in total. The van der Waals surface area contributed by atoms with Crippen LogP contribution in [-0.2, 0) is 4.79 Å². The van der Waals surface area contributed by atoms with E-state index in [9.17, 15) is 4.79 Å². The van der Waals surface area contributed by atoms with E-state index >= 15 is 0 Å². The van der Waals surface area contributed by atoms with E-state index in [2.05, 4.69) is 24.5 Å². The summed E-state index contributed by atoms with van der Waals surface area (Å²) in [6.45, 7) is 4.59. The van der Waals surface area contributed by atoms with Crippen molar-refractivity contribution in [3.63, 3.8) is 0 Å². The topological polar surface area (TPSA) is 50.4 Å². The van der Waals surface area contributed by atoms with E-state index in [0.29, 0.717) is 24.0 Å². The molecule has 0 saturated heterocycles. The zero-order valence-electron chi connectivity index (χ0n) is 12.0. The molecule has 2 N–H and O–H groups in total. The second kappa shape index (κ2) is 8.53. The Labute approximate surface area is 115 Å². The first-order valence-electron chi connectivity index (χ1n) is 6.83. The molecule has 1 amide bonds. The molecule has 0 aliphatic carbocycles. The normalized spacial score (nSPS) is 11.9. The van der Waals surface area contributed by atoms with Gasteiger partial charge in [-0.2, -0.15) is 0 Å². The number of nitrogens with one attached hydrogen (secondary N) is 2. The van der Waals surface area contributed by atoms with Gasteiger partial charge >= 0.3 is 0 Å². The van der Waals surface area contributed by atoms with E-state index in [4.69, 9.17) is 4.74 Å². The fraction of sp³-hybridized carbons (Fsp3) is 0.533. The van der Waals surface area contributed by atoms with Crippen LogP contribution >= 0.6 is 0 Å². The first-order valence-corrected chi connectivity index (χ1v) is 6.83. The van der Waals surface area contributed by atoms with Gasteiger partial charge in [0.15, 0.2) is 0 Å². The Kier molecular flexibility index (Phi) is 6.97. The average Bonchev–Trinajstić information content (AvgIpc) is 2.43. The maximum atomic E-state index is 11.8. The van der Waals surface area contributed by atoms with Crippen molar-refractivity contribution >= 4 is 11.6 Å². The number of benzene rings is 1. The molecular weight excluding hydrogens is 240 g/mol. The minimum Gasteiger partial charge on any atom is -0.495 e. The van der Waals surface area contributed by atoms with Crippen molar-refractivity contribution in [2.45, 2.75) is 39.2 Å². The van der Waals surface area contributed by atoms with Crippen molar-refractivity contribution in [2.75, 3.05) is 19.0 Å². The Hall–Kier alpha value is -1.55. The van der Waals surface area contributed by atoms with E-state index in [1.165, 1.54) is 12.8 Å². The molecule has 4 heteroatoms. The van der Waals surface area contributed by atoms with Crippen LogP contribution in [0.3, 0.4) is 0 Å². The lowest BCUT2D eigenvalue weighted by molar-refractivity contribution is -0.115. The van der Waals surface area contributed by atoms with Crippen molar-refractivity contribution in [3.05, 3.63) is 24.3 Å². The zero-order valence-corrected chi connectivity index (χ0v) is 12.0. The Morgan fingerprint density at radius 1 is 1.37 bits per heavy atom. The molecule has 0 fully saturated rings. The van der Waals surface area contributed by atoms with E-state index < -0.39 is 0 Å². The third-order valence-electron chi connectivity index (χ3n) is 2.98. The number of carbonyl (C=O) groups excluding carboxylic acids is 1. The van der Waals surface area contributed by atoms with Crippen LogP contribution in [0, 0.1) is 0 Å². The van der Waals surface area contributed by atoms with Gasteiger partial charge in [-0.25, -0.2) is 0 Å². The second-order valence-corrected chi connectivity index (χ2v) is 4.67.